The number of likely N-dealkylation sites (tertiary alicyclic amines) is 1. The summed E-state index contributed by atoms with van der Waals surface area (Å²) in [7, 11) is 0. The number of amides is 1. The molecule has 1 heterocycles. The van der Waals surface area contributed by atoms with Crippen LogP contribution in [0.25, 0.3) is 0 Å². The van der Waals surface area contributed by atoms with Crippen molar-refractivity contribution in [3.05, 3.63) is 35.4 Å². The fourth-order valence-electron chi connectivity index (χ4n) is 3.39. The van der Waals surface area contributed by atoms with Gasteiger partial charge in [-0.05, 0) is 31.2 Å². The van der Waals surface area contributed by atoms with Crippen molar-refractivity contribution < 1.29 is 19.8 Å². The van der Waals surface area contributed by atoms with E-state index in [4.69, 9.17) is 0 Å². The monoisotopic (exact) mass is 333 g/mol. The SMILES string of the molecule is Cc1cccc(CC2(O)CCN(C(=O)C(C(=O)O)C(C)C)CC2)c1. The number of benzene rings is 1. The highest BCUT2D eigenvalue weighted by molar-refractivity contribution is 5.97. The number of carbonyl (C=O) groups is 2. The van der Waals surface area contributed by atoms with Gasteiger partial charge in [-0.25, -0.2) is 0 Å². The number of aryl methyl sites for hydroxylation is 1. The Morgan fingerprint density at radius 2 is 1.88 bits per heavy atom. The molecule has 1 fully saturated rings. The molecule has 1 aromatic carbocycles. The molecule has 1 aliphatic rings. The highest BCUT2D eigenvalue weighted by Crippen LogP contribution is 2.28. The highest BCUT2D eigenvalue weighted by atomic mass is 16.4. The summed E-state index contributed by atoms with van der Waals surface area (Å²) in [6.45, 7) is 6.31. The summed E-state index contributed by atoms with van der Waals surface area (Å²) >= 11 is 0. The van der Waals surface area contributed by atoms with Crippen LogP contribution in [0.15, 0.2) is 24.3 Å². The van der Waals surface area contributed by atoms with E-state index in [-0.39, 0.29) is 11.8 Å². The summed E-state index contributed by atoms with van der Waals surface area (Å²) in [6.07, 6.45) is 1.50. The lowest BCUT2D eigenvalue weighted by Crippen LogP contribution is -2.51. The maximum absolute atomic E-state index is 12.5. The van der Waals surface area contributed by atoms with Gasteiger partial charge in [0.1, 0.15) is 5.92 Å². The van der Waals surface area contributed by atoms with Gasteiger partial charge >= 0.3 is 5.97 Å². The van der Waals surface area contributed by atoms with Gasteiger partial charge in [-0.15, -0.1) is 0 Å². The predicted octanol–water partition coefficient (Wildman–Crippen LogP) is 2.25. The predicted molar refractivity (Wildman–Crippen MR) is 91.6 cm³/mol. The Morgan fingerprint density at radius 1 is 1.25 bits per heavy atom. The number of carboxylic acid groups (broad SMARTS) is 1. The van der Waals surface area contributed by atoms with E-state index in [0.717, 1.165) is 11.1 Å². The Bertz CT molecular complexity index is 603. The smallest absolute Gasteiger partial charge is 0.316 e. The number of carboxylic acids is 1. The van der Waals surface area contributed by atoms with Crippen LogP contribution in [0.2, 0.25) is 0 Å². The molecule has 0 aliphatic carbocycles. The largest absolute Gasteiger partial charge is 0.481 e. The Hall–Kier alpha value is -1.88. The molecule has 0 aromatic heterocycles. The van der Waals surface area contributed by atoms with E-state index >= 15 is 0 Å². The minimum Gasteiger partial charge on any atom is -0.481 e. The van der Waals surface area contributed by atoms with E-state index in [1.807, 2.05) is 25.1 Å². The molecule has 1 unspecified atom stereocenters. The summed E-state index contributed by atoms with van der Waals surface area (Å²) in [6, 6.07) is 8.07. The lowest BCUT2D eigenvalue weighted by Gasteiger charge is -2.39. The number of aliphatic hydroxyl groups is 1. The van der Waals surface area contributed by atoms with Gasteiger partial charge in [-0.1, -0.05) is 43.7 Å². The third kappa shape index (κ3) is 4.35. The van der Waals surface area contributed by atoms with E-state index in [1.54, 1.807) is 18.7 Å². The molecular formula is C19H27NO4. The quantitative estimate of drug-likeness (QED) is 0.810. The second kappa shape index (κ2) is 7.34. The van der Waals surface area contributed by atoms with Crippen molar-refractivity contribution in [2.24, 2.45) is 11.8 Å². The molecule has 24 heavy (non-hydrogen) atoms. The first-order valence-corrected chi connectivity index (χ1v) is 8.51. The Labute approximate surface area is 143 Å². The third-order valence-corrected chi connectivity index (χ3v) is 4.82. The molecule has 0 radical (unpaired) electrons. The average Bonchev–Trinajstić information content (AvgIpc) is 2.46. The minimum atomic E-state index is -1.07. The van der Waals surface area contributed by atoms with Crippen molar-refractivity contribution in [3.63, 3.8) is 0 Å². The van der Waals surface area contributed by atoms with Gasteiger partial charge in [0.15, 0.2) is 0 Å². The van der Waals surface area contributed by atoms with Crippen molar-refractivity contribution in [1.29, 1.82) is 0 Å². The van der Waals surface area contributed by atoms with Crippen LogP contribution in [-0.2, 0) is 16.0 Å². The van der Waals surface area contributed by atoms with Crippen LogP contribution >= 0.6 is 0 Å². The third-order valence-electron chi connectivity index (χ3n) is 4.82. The number of carbonyl (C=O) groups excluding carboxylic acids is 1. The molecule has 0 bridgehead atoms. The number of hydrogen-bond donors (Lipinski definition) is 2. The molecule has 2 N–H and O–H groups in total. The zero-order chi connectivity index (χ0) is 17.9. The zero-order valence-corrected chi connectivity index (χ0v) is 14.7. The van der Waals surface area contributed by atoms with Crippen LogP contribution < -0.4 is 0 Å². The maximum atomic E-state index is 12.5. The van der Waals surface area contributed by atoms with Gasteiger partial charge in [0.25, 0.3) is 0 Å². The van der Waals surface area contributed by atoms with Gasteiger partial charge < -0.3 is 15.1 Å². The fourth-order valence-corrected chi connectivity index (χ4v) is 3.39. The van der Waals surface area contributed by atoms with Crippen LogP contribution in [-0.4, -0.2) is 45.7 Å². The van der Waals surface area contributed by atoms with Crippen LogP contribution in [0.3, 0.4) is 0 Å². The first-order chi connectivity index (χ1) is 11.2. The van der Waals surface area contributed by atoms with Crippen LogP contribution in [0.4, 0.5) is 0 Å². The second-order valence-electron chi connectivity index (χ2n) is 7.28. The Kier molecular flexibility index (Phi) is 5.65. The van der Waals surface area contributed by atoms with E-state index in [1.165, 1.54) is 0 Å². The normalized spacial score (nSPS) is 18.5. The fraction of sp³-hybridized carbons (Fsp3) is 0.579. The molecule has 5 heteroatoms. The average molecular weight is 333 g/mol. The number of hydrogen-bond acceptors (Lipinski definition) is 3. The van der Waals surface area contributed by atoms with E-state index in [2.05, 4.69) is 6.07 Å². The summed E-state index contributed by atoms with van der Waals surface area (Å²) in [5.74, 6) is -2.67. The van der Waals surface area contributed by atoms with Crippen molar-refractivity contribution in [2.75, 3.05) is 13.1 Å². The number of nitrogens with zero attached hydrogens (tertiary/aromatic N) is 1. The molecule has 2 rings (SSSR count). The molecule has 0 spiro atoms. The van der Waals surface area contributed by atoms with Crippen molar-refractivity contribution >= 4 is 11.9 Å². The van der Waals surface area contributed by atoms with Gasteiger partial charge in [-0.3, -0.25) is 9.59 Å². The van der Waals surface area contributed by atoms with Crippen LogP contribution in [0, 0.1) is 18.8 Å². The second-order valence-corrected chi connectivity index (χ2v) is 7.28. The molecule has 1 aliphatic heterocycles. The molecule has 132 valence electrons. The van der Waals surface area contributed by atoms with Crippen molar-refractivity contribution in [2.45, 2.75) is 45.6 Å². The van der Waals surface area contributed by atoms with E-state index in [9.17, 15) is 19.8 Å². The van der Waals surface area contributed by atoms with E-state index < -0.39 is 17.5 Å². The van der Waals surface area contributed by atoms with Crippen molar-refractivity contribution in [3.8, 4) is 0 Å². The molecule has 1 amide bonds. The van der Waals surface area contributed by atoms with Gasteiger partial charge in [-0.2, -0.15) is 0 Å². The van der Waals surface area contributed by atoms with Crippen LogP contribution in [0.5, 0.6) is 0 Å². The summed E-state index contributed by atoms with van der Waals surface area (Å²) in [5.41, 5.74) is 1.41. The number of rotatable bonds is 5. The molecule has 1 saturated heterocycles. The van der Waals surface area contributed by atoms with Gasteiger partial charge in [0.05, 0.1) is 5.60 Å². The zero-order valence-electron chi connectivity index (χ0n) is 14.7. The summed E-state index contributed by atoms with van der Waals surface area (Å²) < 4.78 is 0. The first-order valence-electron chi connectivity index (χ1n) is 8.51. The van der Waals surface area contributed by atoms with Crippen LogP contribution in [0.1, 0.15) is 37.8 Å². The Morgan fingerprint density at radius 3 is 2.38 bits per heavy atom. The topological polar surface area (TPSA) is 77.8 Å². The molecule has 1 atom stereocenters. The first kappa shape index (κ1) is 18.5. The molecule has 5 nitrogen and oxygen atoms in total. The Balaban J connectivity index is 1.99. The maximum Gasteiger partial charge on any atom is 0.316 e. The standard InChI is InChI=1S/C19H27NO4/c1-13(2)16(18(22)23)17(21)20-9-7-19(24,8-10-20)12-15-6-4-5-14(3)11-15/h4-6,11,13,16,24H,7-10,12H2,1-3H3,(H,22,23). The van der Waals surface area contributed by atoms with Crippen molar-refractivity contribution in [1.82, 2.24) is 4.90 Å². The number of piperidine rings is 1. The number of aliphatic carboxylic acids is 1. The van der Waals surface area contributed by atoms with Gasteiger partial charge in [0.2, 0.25) is 5.91 Å². The summed E-state index contributed by atoms with van der Waals surface area (Å²) in [4.78, 5) is 25.4. The van der Waals surface area contributed by atoms with E-state index in [0.29, 0.717) is 32.4 Å². The lowest BCUT2D eigenvalue weighted by atomic mass is 9.84. The minimum absolute atomic E-state index is 0.247. The molecular weight excluding hydrogens is 306 g/mol. The molecule has 1 aromatic rings. The molecule has 0 saturated carbocycles. The lowest BCUT2D eigenvalue weighted by molar-refractivity contribution is -0.155. The van der Waals surface area contributed by atoms with Gasteiger partial charge in [0, 0.05) is 19.5 Å². The summed E-state index contributed by atoms with van der Waals surface area (Å²) in [5, 5.41) is 20.1. The highest BCUT2D eigenvalue weighted by Gasteiger charge is 2.38.